The van der Waals surface area contributed by atoms with Crippen LogP contribution < -0.4 is 5.73 Å². The average molecular weight is 246 g/mol. The molecule has 0 saturated heterocycles. The summed E-state index contributed by atoms with van der Waals surface area (Å²) in [5, 5.41) is 0. The third-order valence-electron chi connectivity index (χ3n) is 2.98. The van der Waals surface area contributed by atoms with Crippen LogP contribution in [0.1, 0.15) is 31.4 Å². The smallest absolute Gasteiger partial charge is 0.222 e. The molecule has 1 aromatic rings. The minimum atomic E-state index is -0.0717. The highest BCUT2D eigenvalue weighted by Gasteiger charge is 2.13. The fourth-order valence-electron chi connectivity index (χ4n) is 1.87. The summed E-state index contributed by atoms with van der Waals surface area (Å²) < 4.78 is 0. The van der Waals surface area contributed by atoms with Crippen LogP contribution >= 0.6 is 0 Å². The molecule has 0 heterocycles. The van der Waals surface area contributed by atoms with Gasteiger partial charge in [0.1, 0.15) is 0 Å². The molecular weight excluding hydrogens is 224 g/mol. The van der Waals surface area contributed by atoms with Crippen LogP contribution in [0, 0.1) is 0 Å². The van der Waals surface area contributed by atoms with Gasteiger partial charge in [-0.1, -0.05) is 36.4 Å². The molecule has 0 saturated carbocycles. The zero-order valence-electron chi connectivity index (χ0n) is 11.0. The van der Waals surface area contributed by atoms with E-state index in [1.165, 1.54) is 0 Å². The minimum absolute atomic E-state index is 0.0717. The van der Waals surface area contributed by atoms with Crippen LogP contribution in [0.2, 0.25) is 0 Å². The van der Waals surface area contributed by atoms with Crippen molar-refractivity contribution in [3.63, 3.8) is 0 Å². The van der Waals surface area contributed by atoms with E-state index in [1.807, 2.05) is 37.3 Å². The molecule has 1 rings (SSSR count). The number of rotatable bonds is 7. The van der Waals surface area contributed by atoms with Crippen molar-refractivity contribution in [1.29, 1.82) is 0 Å². The first kappa shape index (κ1) is 14.5. The highest BCUT2D eigenvalue weighted by atomic mass is 16.2. The van der Waals surface area contributed by atoms with Gasteiger partial charge in [-0.15, -0.1) is 6.58 Å². The van der Waals surface area contributed by atoms with Gasteiger partial charge < -0.3 is 10.6 Å². The standard InChI is InChI=1S/C15H22N2O/c1-3-12-17(4-2)15(18)11-10-14(16)13-8-6-5-7-9-13/h3,5-9,14H,1,4,10-12,16H2,2H3. The van der Waals surface area contributed by atoms with Crippen molar-refractivity contribution < 1.29 is 4.79 Å². The Morgan fingerprint density at radius 2 is 2.11 bits per heavy atom. The lowest BCUT2D eigenvalue weighted by Gasteiger charge is -2.20. The SMILES string of the molecule is C=CCN(CC)C(=O)CCC(N)c1ccccc1. The number of likely N-dealkylation sites (N-methyl/N-ethyl adjacent to an activating group) is 1. The second kappa shape index (κ2) is 7.67. The summed E-state index contributed by atoms with van der Waals surface area (Å²) >= 11 is 0. The maximum atomic E-state index is 11.9. The summed E-state index contributed by atoms with van der Waals surface area (Å²) in [6.45, 7) is 6.95. The largest absolute Gasteiger partial charge is 0.339 e. The fraction of sp³-hybridized carbons (Fsp3) is 0.400. The topological polar surface area (TPSA) is 46.3 Å². The van der Waals surface area contributed by atoms with E-state index >= 15 is 0 Å². The molecular formula is C15H22N2O. The summed E-state index contributed by atoms with van der Waals surface area (Å²) in [4.78, 5) is 13.7. The molecule has 98 valence electrons. The predicted octanol–water partition coefficient (Wildman–Crippen LogP) is 2.50. The van der Waals surface area contributed by atoms with E-state index in [1.54, 1.807) is 11.0 Å². The van der Waals surface area contributed by atoms with Gasteiger partial charge in [-0.25, -0.2) is 0 Å². The van der Waals surface area contributed by atoms with Gasteiger partial charge in [0.2, 0.25) is 5.91 Å². The highest BCUT2D eigenvalue weighted by Crippen LogP contribution is 2.15. The van der Waals surface area contributed by atoms with E-state index in [4.69, 9.17) is 5.73 Å². The first-order chi connectivity index (χ1) is 8.69. The Morgan fingerprint density at radius 1 is 1.44 bits per heavy atom. The molecule has 0 aliphatic rings. The van der Waals surface area contributed by atoms with Gasteiger partial charge in [0.05, 0.1) is 0 Å². The lowest BCUT2D eigenvalue weighted by molar-refractivity contribution is -0.130. The molecule has 0 fully saturated rings. The van der Waals surface area contributed by atoms with Crippen LogP contribution in [-0.2, 0) is 4.79 Å². The number of nitrogens with two attached hydrogens (primary N) is 1. The minimum Gasteiger partial charge on any atom is -0.339 e. The van der Waals surface area contributed by atoms with E-state index in [2.05, 4.69) is 6.58 Å². The number of benzene rings is 1. The quantitative estimate of drug-likeness (QED) is 0.751. The van der Waals surface area contributed by atoms with Crippen LogP contribution in [0.5, 0.6) is 0 Å². The van der Waals surface area contributed by atoms with Crippen molar-refractivity contribution in [3.8, 4) is 0 Å². The third kappa shape index (κ3) is 4.34. The Hall–Kier alpha value is -1.61. The van der Waals surface area contributed by atoms with E-state index < -0.39 is 0 Å². The molecule has 18 heavy (non-hydrogen) atoms. The van der Waals surface area contributed by atoms with Crippen molar-refractivity contribution in [2.45, 2.75) is 25.8 Å². The molecule has 1 amide bonds. The number of hydrogen-bond acceptors (Lipinski definition) is 2. The molecule has 3 heteroatoms. The molecule has 1 atom stereocenters. The first-order valence-electron chi connectivity index (χ1n) is 6.38. The average Bonchev–Trinajstić information content (AvgIpc) is 2.42. The number of carbonyl (C=O) groups excluding carboxylic acids is 1. The van der Waals surface area contributed by atoms with Gasteiger partial charge in [0.25, 0.3) is 0 Å². The predicted molar refractivity (Wildman–Crippen MR) is 75.1 cm³/mol. The fourth-order valence-corrected chi connectivity index (χ4v) is 1.87. The Morgan fingerprint density at radius 3 is 2.67 bits per heavy atom. The van der Waals surface area contributed by atoms with Gasteiger partial charge >= 0.3 is 0 Å². The zero-order chi connectivity index (χ0) is 13.4. The van der Waals surface area contributed by atoms with Crippen molar-refractivity contribution >= 4 is 5.91 Å². The first-order valence-corrected chi connectivity index (χ1v) is 6.38. The third-order valence-corrected chi connectivity index (χ3v) is 2.98. The molecule has 0 spiro atoms. The molecule has 0 aliphatic heterocycles. The molecule has 3 nitrogen and oxygen atoms in total. The normalized spacial score (nSPS) is 11.9. The molecule has 2 N–H and O–H groups in total. The van der Waals surface area contributed by atoms with Crippen LogP contribution in [0.25, 0.3) is 0 Å². The van der Waals surface area contributed by atoms with Gasteiger partial charge in [0.15, 0.2) is 0 Å². The summed E-state index contributed by atoms with van der Waals surface area (Å²) in [6, 6.07) is 9.81. The van der Waals surface area contributed by atoms with E-state index in [-0.39, 0.29) is 11.9 Å². The molecule has 0 aliphatic carbocycles. The molecule has 0 aromatic heterocycles. The zero-order valence-corrected chi connectivity index (χ0v) is 11.0. The second-order valence-corrected chi connectivity index (χ2v) is 4.28. The Bertz CT molecular complexity index is 375. The number of hydrogen-bond donors (Lipinski definition) is 1. The summed E-state index contributed by atoms with van der Waals surface area (Å²) in [5.41, 5.74) is 7.15. The number of amides is 1. The molecule has 1 unspecified atom stereocenters. The van der Waals surface area contributed by atoms with E-state index in [0.29, 0.717) is 25.9 Å². The van der Waals surface area contributed by atoms with Gasteiger partial charge in [0, 0.05) is 25.6 Å². The Balaban J connectivity index is 2.45. The number of carbonyl (C=O) groups is 1. The summed E-state index contributed by atoms with van der Waals surface area (Å²) in [5.74, 6) is 0.142. The lowest BCUT2D eigenvalue weighted by atomic mass is 10.0. The van der Waals surface area contributed by atoms with Crippen LogP contribution in [0.3, 0.4) is 0 Å². The van der Waals surface area contributed by atoms with Crippen LogP contribution in [-0.4, -0.2) is 23.9 Å². The summed E-state index contributed by atoms with van der Waals surface area (Å²) in [7, 11) is 0. The van der Waals surface area contributed by atoms with Crippen molar-refractivity contribution in [2.75, 3.05) is 13.1 Å². The highest BCUT2D eigenvalue weighted by molar-refractivity contribution is 5.76. The van der Waals surface area contributed by atoms with Crippen molar-refractivity contribution in [1.82, 2.24) is 4.90 Å². The molecule has 1 aromatic carbocycles. The van der Waals surface area contributed by atoms with E-state index in [9.17, 15) is 4.79 Å². The van der Waals surface area contributed by atoms with Crippen LogP contribution in [0.15, 0.2) is 43.0 Å². The maximum Gasteiger partial charge on any atom is 0.222 e. The molecule has 0 radical (unpaired) electrons. The number of nitrogens with zero attached hydrogens (tertiary/aromatic N) is 1. The lowest BCUT2D eigenvalue weighted by Crippen LogP contribution is -2.31. The Kier molecular flexibility index (Phi) is 6.15. The molecule has 0 bridgehead atoms. The van der Waals surface area contributed by atoms with Gasteiger partial charge in [-0.3, -0.25) is 4.79 Å². The second-order valence-electron chi connectivity index (χ2n) is 4.28. The van der Waals surface area contributed by atoms with Crippen molar-refractivity contribution in [3.05, 3.63) is 48.6 Å². The maximum absolute atomic E-state index is 11.9. The van der Waals surface area contributed by atoms with Crippen LogP contribution in [0.4, 0.5) is 0 Å². The van der Waals surface area contributed by atoms with E-state index in [0.717, 1.165) is 5.56 Å². The monoisotopic (exact) mass is 246 g/mol. The van der Waals surface area contributed by atoms with Crippen molar-refractivity contribution in [2.24, 2.45) is 5.73 Å². The summed E-state index contributed by atoms with van der Waals surface area (Å²) in [6.07, 6.45) is 2.91. The van der Waals surface area contributed by atoms with Gasteiger partial charge in [-0.05, 0) is 18.9 Å². The van der Waals surface area contributed by atoms with Gasteiger partial charge in [-0.2, -0.15) is 0 Å². The Labute approximate surface area is 109 Å².